The molecule has 0 unspecified atom stereocenters. The van der Waals surface area contributed by atoms with Crippen molar-refractivity contribution in [2.24, 2.45) is 0 Å². The van der Waals surface area contributed by atoms with Crippen LogP contribution in [0, 0.1) is 0 Å². The molecule has 2 aromatic rings. The van der Waals surface area contributed by atoms with Gasteiger partial charge in [-0.3, -0.25) is 4.90 Å². The molecule has 1 aliphatic heterocycles. The van der Waals surface area contributed by atoms with Crippen LogP contribution in [0.2, 0.25) is 0 Å². The SMILES string of the molecule is COC(=O)c1ccc(OC[C@@H](O)CN2CCCN(c3ncccn3)CC2)cc1. The predicted molar refractivity (Wildman–Crippen MR) is 105 cm³/mol. The molecule has 3 rings (SSSR count). The first-order valence-corrected chi connectivity index (χ1v) is 9.39. The predicted octanol–water partition coefficient (Wildman–Crippen LogP) is 1.22. The number of carbonyl (C=O) groups is 1. The number of aliphatic hydroxyl groups is 1. The molecule has 0 spiro atoms. The van der Waals surface area contributed by atoms with Crippen molar-refractivity contribution in [3.63, 3.8) is 0 Å². The van der Waals surface area contributed by atoms with Gasteiger partial charge in [-0.15, -0.1) is 0 Å². The molecule has 0 amide bonds. The quantitative estimate of drug-likeness (QED) is 0.711. The number of ether oxygens (including phenoxy) is 2. The Hall–Kier alpha value is -2.71. The molecule has 0 saturated carbocycles. The Labute approximate surface area is 164 Å². The summed E-state index contributed by atoms with van der Waals surface area (Å²) >= 11 is 0. The molecule has 150 valence electrons. The van der Waals surface area contributed by atoms with Gasteiger partial charge in [0.2, 0.25) is 5.95 Å². The van der Waals surface area contributed by atoms with Gasteiger partial charge in [0, 0.05) is 38.6 Å². The first-order valence-electron chi connectivity index (χ1n) is 9.39. The van der Waals surface area contributed by atoms with Crippen molar-refractivity contribution in [3.05, 3.63) is 48.3 Å². The highest BCUT2D eigenvalue weighted by atomic mass is 16.5. The van der Waals surface area contributed by atoms with E-state index in [2.05, 4.69) is 24.5 Å². The Morgan fingerprint density at radius 3 is 2.61 bits per heavy atom. The molecule has 1 atom stereocenters. The third-order valence-corrected chi connectivity index (χ3v) is 4.61. The van der Waals surface area contributed by atoms with Crippen LogP contribution in [0.1, 0.15) is 16.8 Å². The second-order valence-corrected chi connectivity index (χ2v) is 6.67. The molecule has 1 aromatic carbocycles. The molecular weight excluding hydrogens is 360 g/mol. The maximum atomic E-state index is 11.4. The van der Waals surface area contributed by atoms with Crippen molar-refractivity contribution in [2.75, 3.05) is 51.3 Å². The highest BCUT2D eigenvalue weighted by molar-refractivity contribution is 5.89. The lowest BCUT2D eigenvalue weighted by Gasteiger charge is -2.24. The second-order valence-electron chi connectivity index (χ2n) is 6.67. The van der Waals surface area contributed by atoms with Crippen LogP contribution in [0.25, 0.3) is 0 Å². The molecule has 8 heteroatoms. The lowest BCUT2D eigenvalue weighted by molar-refractivity contribution is 0.0599. The zero-order valence-corrected chi connectivity index (χ0v) is 16.0. The Kier molecular flexibility index (Phi) is 7.16. The van der Waals surface area contributed by atoms with Gasteiger partial charge in [0.15, 0.2) is 0 Å². The van der Waals surface area contributed by atoms with E-state index in [1.807, 2.05) is 6.07 Å². The van der Waals surface area contributed by atoms with Crippen molar-refractivity contribution < 1.29 is 19.4 Å². The van der Waals surface area contributed by atoms with Gasteiger partial charge in [0.25, 0.3) is 0 Å². The summed E-state index contributed by atoms with van der Waals surface area (Å²) in [5.41, 5.74) is 0.465. The number of carbonyl (C=O) groups excluding carboxylic acids is 1. The van der Waals surface area contributed by atoms with Gasteiger partial charge in [-0.05, 0) is 43.3 Å². The summed E-state index contributed by atoms with van der Waals surface area (Å²) in [6, 6.07) is 8.49. The maximum Gasteiger partial charge on any atom is 0.337 e. The molecule has 0 bridgehead atoms. The van der Waals surface area contributed by atoms with Gasteiger partial charge in [0.1, 0.15) is 18.5 Å². The summed E-state index contributed by atoms with van der Waals surface area (Å²) in [6.45, 7) is 4.22. The van der Waals surface area contributed by atoms with Gasteiger partial charge in [-0.25, -0.2) is 14.8 Å². The number of nitrogens with zero attached hydrogens (tertiary/aromatic N) is 4. The van der Waals surface area contributed by atoms with E-state index in [9.17, 15) is 9.90 Å². The van der Waals surface area contributed by atoms with E-state index in [0.717, 1.165) is 38.5 Å². The molecule has 28 heavy (non-hydrogen) atoms. The average molecular weight is 386 g/mol. The molecule has 1 aliphatic rings. The summed E-state index contributed by atoms with van der Waals surface area (Å²) < 4.78 is 10.3. The number of benzene rings is 1. The van der Waals surface area contributed by atoms with Gasteiger partial charge in [0.05, 0.1) is 12.7 Å². The number of hydrogen-bond donors (Lipinski definition) is 1. The minimum absolute atomic E-state index is 0.194. The van der Waals surface area contributed by atoms with E-state index >= 15 is 0 Å². The third kappa shape index (κ3) is 5.64. The van der Waals surface area contributed by atoms with Crippen LogP contribution in [0.3, 0.4) is 0 Å². The Balaban J connectivity index is 1.43. The van der Waals surface area contributed by atoms with E-state index < -0.39 is 6.10 Å². The summed E-state index contributed by atoms with van der Waals surface area (Å²) in [4.78, 5) is 24.5. The van der Waals surface area contributed by atoms with Gasteiger partial charge in [-0.2, -0.15) is 0 Å². The van der Waals surface area contributed by atoms with Gasteiger partial charge >= 0.3 is 5.97 Å². The van der Waals surface area contributed by atoms with Crippen LogP contribution >= 0.6 is 0 Å². The number of hydrogen-bond acceptors (Lipinski definition) is 8. The first kappa shape index (κ1) is 20.0. The number of esters is 1. The Bertz CT molecular complexity index is 742. The lowest BCUT2D eigenvalue weighted by atomic mass is 10.2. The van der Waals surface area contributed by atoms with Crippen LogP contribution in [0.4, 0.5) is 5.95 Å². The average Bonchev–Trinajstić information content (AvgIpc) is 2.98. The zero-order valence-electron chi connectivity index (χ0n) is 16.0. The van der Waals surface area contributed by atoms with Crippen molar-refractivity contribution in [1.29, 1.82) is 0 Å². The number of β-amino-alcohol motifs (C(OH)–C–C–N with tert-alkyl or cyclic N) is 1. The molecule has 1 N–H and O–H groups in total. The number of rotatable bonds is 7. The van der Waals surface area contributed by atoms with Crippen LogP contribution in [-0.2, 0) is 4.74 Å². The molecule has 1 fully saturated rings. The van der Waals surface area contributed by atoms with Crippen molar-refractivity contribution in [3.8, 4) is 5.75 Å². The van der Waals surface area contributed by atoms with Crippen LogP contribution in [-0.4, -0.2) is 78.5 Å². The molecule has 2 heterocycles. The fourth-order valence-electron chi connectivity index (χ4n) is 3.16. The molecular formula is C20H26N4O4. The van der Waals surface area contributed by atoms with Crippen LogP contribution < -0.4 is 9.64 Å². The van der Waals surface area contributed by atoms with E-state index in [1.54, 1.807) is 36.7 Å². The standard InChI is InChI=1S/C20H26N4O4/c1-27-19(26)16-4-6-18(7-5-16)28-15-17(25)14-23-10-3-11-24(13-12-23)20-21-8-2-9-22-20/h2,4-9,17,25H,3,10-15H2,1H3/t17-/m0/s1. The van der Waals surface area contributed by atoms with Gasteiger partial charge < -0.3 is 19.5 Å². The summed E-state index contributed by atoms with van der Waals surface area (Å²) in [5, 5.41) is 10.3. The number of methoxy groups -OCH3 is 1. The van der Waals surface area contributed by atoms with E-state index in [-0.39, 0.29) is 12.6 Å². The molecule has 1 aromatic heterocycles. The van der Waals surface area contributed by atoms with E-state index in [1.165, 1.54) is 7.11 Å². The molecule has 0 radical (unpaired) electrons. The second kappa shape index (κ2) is 10.0. The highest BCUT2D eigenvalue weighted by Gasteiger charge is 2.19. The van der Waals surface area contributed by atoms with Crippen molar-refractivity contribution >= 4 is 11.9 Å². The number of anilines is 1. The smallest absolute Gasteiger partial charge is 0.337 e. The topological polar surface area (TPSA) is 88.0 Å². The van der Waals surface area contributed by atoms with Crippen LogP contribution in [0.15, 0.2) is 42.7 Å². The molecule has 1 saturated heterocycles. The zero-order chi connectivity index (χ0) is 19.8. The maximum absolute atomic E-state index is 11.4. The third-order valence-electron chi connectivity index (χ3n) is 4.61. The minimum atomic E-state index is -0.597. The van der Waals surface area contributed by atoms with E-state index in [4.69, 9.17) is 4.74 Å². The largest absolute Gasteiger partial charge is 0.491 e. The van der Waals surface area contributed by atoms with Crippen LogP contribution in [0.5, 0.6) is 5.75 Å². The summed E-state index contributed by atoms with van der Waals surface area (Å²) in [6.07, 6.45) is 3.90. The summed E-state index contributed by atoms with van der Waals surface area (Å²) in [7, 11) is 1.35. The minimum Gasteiger partial charge on any atom is -0.491 e. The fourth-order valence-corrected chi connectivity index (χ4v) is 3.16. The fraction of sp³-hybridized carbons (Fsp3) is 0.450. The lowest BCUT2D eigenvalue weighted by Crippen LogP contribution is -2.38. The first-order chi connectivity index (χ1) is 13.7. The molecule has 0 aliphatic carbocycles. The van der Waals surface area contributed by atoms with Gasteiger partial charge in [-0.1, -0.05) is 0 Å². The monoisotopic (exact) mass is 386 g/mol. The normalized spacial score (nSPS) is 16.3. The van der Waals surface area contributed by atoms with Crippen molar-refractivity contribution in [1.82, 2.24) is 14.9 Å². The Morgan fingerprint density at radius 2 is 1.89 bits per heavy atom. The Morgan fingerprint density at radius 1 is 1.14 bits per heavy atom. The number of aromatic nitrogens is 2. The molecule has 8 nitrogen and oxygen atoms in total. The van der Waals surface area contributed by atoms with Crippen molar-refractivity contribution in [2.45, 2.75) is 12.5 Å². The highest BCUT2D eigenvalue weighted by Crippen LogP contribution is 2.14. The summed E-state index contributed by atoms with van der Waals surface area (Å²) in [5.74, 6) is 0.973. The number of aliphatic hydroxyl groups excluding tert-OH is 1. The van der Waals surface area contributed by atoms with E-state index in [0.29, 0.717) is 17.9 Å².